The molecule has 1 heterocycles. The number of esters is 2. The van der Waals surface area contributed by atoms with E-state index in [4.69, 9.17) is 9.47 Å². The topological polar surface area (TPSA) is 52.6 Å². The molecule has 0 saturated carbocycles. The third kappa shape index (κ3) is 6.28. The minimum absolute atomic E-state index is 0.157. The van der Waals surface area contributed by atoms with Crippen molar-refractivity contribution in [2.24, 2.45) is 5.92 Å². The second kappa shape index (κ2) is 11.2. The van der Waals surface area contributed by atoms with Crippen molar-refractivity contribution < 1.29 is 19.1 Å². The Morgan fingerprint density at radius 2 is 1.91 bits per heavy atom. The monoisotopic (exact) mass is 464 g/mol. The van der Waals surface area contributed by atoms with Gasteiger partial charge < -0.3 is 9.47 Å². The number of carbonyl (C=O) groups is 2. The van der Waals surface area contributed by atoms with Crippen molar-refractivity contribution >= 4 is 11.9 Å². The van der Waals surface area contributed by atoms with Crippen LogP contribution in [-0.2, 0) is 26.2 Å². The third-order valence-electron chi connectivity index (χ3n) is 6.75. The summed E-state index contributed by atoms with van der Waals surface area (Å²) in [6.45, 7) is 13.2. The molecule has 2 atom stereocenters. The van der Waals surface area contributed by atoms with E-state index in [1.54, 1.807) is 0 Å². The molecule has 4 heteroatoms. The molecule has 1 aliphatic rings. The Balaban J connectivity index is 1.80. The van der Waals surface area contributed by atoms with E-state index in [0.29, 0.717) is 31.1 Å². The SMILES string of the molecule is CCCCC(CC)COC(=O)CCc1cc2c(c(C(C)(C)C)c1)OC(=O)C2c1cccc(C)c1. The van der Waals surface area contributed by atoms with E-state index >= 15 is 0 Å². The summed E-state index contributed by atoms with van der Waals surface area (Å²) in [6.07, 6.45) is 5.38. The molecular formula is C30H40O4. The molecule has 3 rings (SSSR count). The lowest BCUT2D eigenvalue weighted by Gasteiger charge is -2.23. The zero-order valence-corrected chi connectivity index (χ0v) is 21.7. The minimum Gasteiger partial charge on any atom is -0.465 e. The normalized spacial score (nSPS) is 16.2. The van der Waals surface area contributed by atoms with Gasteiger partial charge in [0.05, 0.1) is 6.61 Å². The summed E-state index contributed by atoms with van der Waals surface area (Å²) in [5, 5.41) is 0. The van der Waals surface area contributed by atoms with Crippen LogP contribution in [0.1, 0.15) is 100 Å². The number of hydrogen-bond acceptors (Lipinski definition) is 4. The van der Waals surface area contributed by atoms with Crippen LogP contribution in [0.3, 0.4) is 0 Å². The van der Waals surface area contributed by atoms with Gasteiger partial charge in [0, 0.05) is 17.5 Å². The van der Waals surface area contributed by atoms with Crippen LogP contribution < -0.4 is 4.74 Å². The van der Waals surface area contributed by atoms with Gasteiger partial charge in [0.2, 0.25) is 0 Å². The predicted octanol–water partition coefficient (Wildman–Crippen LogP) is 7.04. The third-order valence-corrected chi connectivity index (χ3v) is 6.75. The lowest BCUT2D eigenvalue weighted by atomic mass is 9.81. The zero-order valence-electron chi connectivity index (χ0n) is 21.7. The first-order chi connectivity index (χ1) is 16.1. The average molecular weight is 465 g/mol. The summed E-state index contributed by atoms with van der Waals surface area (Å²) in [7, 11) is 0. The Morgan fingerprint density at radius 1 is 1.15 bits per heavy atom. The second-order valence-electron chi connectivity index (χ2n) is 10.7. The highest BCUT2D eigenvalue weighted by molar-refractivity contribution is 5.90. The molecule has 0 bridgehead atoms. The molecule has 0 radical (unpaired) electrons. The molecule has 0 aromatic heterocycles. The number of rotatable bonds is 10. The van der Waals surface area contributed by atoms with Crippen molar-refractivity contribution in [2.75, 3.05) is 6.61 Å². The van der Waals surface area contributed by atoms with Crippen LogP contribution in [0.2, 0.25) is 0 Å². The van der Waals surface area contributed by atoms with E-state index in [9.17, 15) is 9.59 Å². The Morgan fingerprint density at radius 3 is 2.56 bits per heavy atom. The van der Waals surface area contributed by atoms with Gasteiger partial charge in [-0.3, -0.25) is 9.59 Å². The highest BCUT2D eigenvalue weighted by Crippen LogP contribution is 2.46. The first-order valence-electron chi connectivity index (χ1n) is 12.7. The largest absolute Gasteiger partial charge is 0.465 e. The number of unbranched alkanes of at least 4 members (excludes halogenated alkanes) is 1. The van der Waals surface area contributed by atoms with Gasteiger partial charge in [-0.1, -0.05) is 95.8 Å². The minimum atomic E-state index is -0.438. The second-order valence-corrected chi connectivity index (χ2v) is 10.7. The number of ether oxygens (including phenoxy) is 2. The quantitative estimate of drug-likeness (QED) is 0.280. The van der Waals surface area contributed by atoms with Crippen LogP contribution in [0.15, 0.2) is 36.4 Å². The molecule has 184 valence electrons. The van der Waals surface area contributed by atoms with Crippen LogP contribution in [0.25, 0.3) is 0 Å². The zero-order chi connectivity index (χ0) is 24.9. The Bertz CT molecular complexity index is 1010. The maximum atomic E-state index is 13.0. The number of benzene rings is 2. The summed E-state index contributed by atoms with van der Waals surface area (Å²) in [5.74, 6) is 0.286. The first kappa shape index (κ1) is 26.0. The predicted molar refractivity (Wildman–Crippen MR) is 136 cm³/mol. The molecule has 2 unspecified atom stereocenters. The van der Waals surface area contributed by atoms with Crippen molar-refractivity contribution in [3.8, 4) is 5.75 Å². The molecule has 4 nitrogen and oxygen atoms in total. The highest BCUT2D eigenvalue weighted by atomic mass is 16.5. The Labute approximate surface area is 205 Å². The van der Waals surface area contributed by atoms with Crippen LogP contribution in [0, 0.1) is 12.8 Å². The number of aryl methyl sites for hydroxylation is 2. The van der Waals surface area contributed by atoms with Crippen LogP contribution >= 0.6 is 0 Å². The van der Waals surface area contributed by atoms with Gasteiger partial charge in [0.1, 0.15) is 11.7 Å². The van der Waals surface area contributed by atoms with Gasteiger partial charge in [-0.25, -0.2) is 0 Å². The van der Waals surface area contributed by atoms with E-state index in [-0.39, 0.29) is 17.4 Å². The van der Waals surface area contributed by atoms with Crippen molar-refractivity contribution in [1.29, 1.82) is 0 Å². The van der Waals surface area contributed by atoms with Gasteiger partial charge >= 0.3 is 11.9 Å². The van der Waals surface area contributed by atoms with Crippen LogP contribution in [-0.4, -0.2) is 18.5 Å². The van der Waals surface area contributed by atoms with Gasteiger partial charge in [0.15, 0.2) is 0 Å². The summed E-state index contributed by atoms with van der Waals surface area (Å²) < 4.78 is 11.4. The summed E-state index contributed by atoms with van der Waals surface area (Å²) in [6, 6.07) is 12.2. The van der Waals surface area contributed by atoms with Crippen molar-refractivity contribution in [3.05, 3.63) is 64.2 Å². The van der Waals surface area contributed by atoms with Crippen LogP contribution in [0.4, 0.5) is 0 Å². The molecule has 1 aliphatic heterocycles. The average Bonchev–Trinajstić information content (AvgIpc) is 3.12. The fraction of sp³-hybridized carbons (Fsp3) is 0.533. The lowest BCUT2D eigenvalue weighted by Crippen LogP contribution is -2.15. The van der Waals surface area contributed by atoms with Crippen molar-refractivity contribution in [1.82, 2.24) is 0 Å². The Kier molecular flexibility index (Phi) is 8.57. The van der Waals surface area contributed by atoms with E-state index in [2.05, 4.69) is 40.7 Å². The maximum absolute atomic E-state index is 13.0. The van der Waals surface area contributed by atoms with Crippen molar-refractivity contribution in [3.63, 3.8) is 0 Å². The summed E-state index contributed by atoms with van der Waals surface area (Å²) in [5.41, 5.74) is 4.79. The summed E-state index contributed by atoms with van der Waals surface area (Å²) in [4.78, 5) is 25.5. The molecular weight excluding hydrogens is 424 g/mol. The standard InChI is InChI=1S/C30H40O4/c1-7-9-12-21(8-2)19-33-26(31)15-14-22-17-24-27(23-13-10-11-20(3)16-23)29(32)34-28(24)25(18-22)30(4,5)6/h10-11,13,16-18,21,27H,7-9,12,14-15,19H2,1-6H3. The fourth-order valence-electron chi connectivity index (χ4n) is 4.62. The van der Waals surface area contributed by atoms with E-state index in [0.717, 1.165) is 47.1 Å². The maximum Gasteiger partial charge on any atom is 0.323 e. The molecule has 2 aromatic carbocycles. The van der Waals surface area contributed by atoms with Crippen LogP contribution in [0.5, 0.6) is 5.75 Å². The lowest BCUT2D eigenvalue weighted by molar-refractivity contribution is -0.145. The van der Waals surface area contributed by atoms with Gasteiger partial charge in [-0.2, -0.15) is 0 Å². The summed E-state index contributed by atoms with van der Waals surface area (Å²) >= 11 is 0. The smallest absolute Gasteiger partial charge is 0.323 e. The first-order valence-corrected chi connectivity index (χ1v) is 12.7. The van der Waals surface area contributed by atoms with Gasteiger partial charge in [0.25, 0.3) is 0 Å². The van der Waals surface area contributed by atoms with E-state index < -0.39 is 5.92 Å². The number of fused-ring (bicyclic) bond motifs is 1. The molecule has 0 spiro atoms. The fourth-order valence-corrected chi connectivity index (χ4v) is 4.62. The molecule has 0 fully saturated rings. The van der Waals surface area contributed by atoms with Gasteiger partial charge in [-0.15, -0.1) is 0 Å². The van der Waals surface area contributed by atoms with E-state index in [1.165, 1.54) is 6.42 Å². The highest BCUT2D eigenvalue weighted by Gasteiger charge is 2.38. The number of carbonyl (C=O) groups excluding carboxylic acids is 2. The van der Waals surface area contributed by atoms with Gasteiger partial charge in [-0.05, 0) is 42.2 Å². The van der Waals surface area contributed by atoms with E-state index in [1.807, 2.05) is 37.3 Å². The number of hydrogen-bond donors (Lipinski definition) is 0. The molecule has 34 heavy (non-hydrogen) atoms. The van der Waals surface area contributed by atoms with Crippen molar-refractivity contribution in [2.45, 2.75) is 91.4 Å². The molecule has 0 aliphatic carbocycles. The molecule has 0 saturated heterocycles. The Hall–Kier alpha value is -2.62. The molecule has 0 amide bonds. The molecule has 0 N–H and O–H groups in total. The molecule has 2 aromatic rings.